The van der Waals surface area contributed by atoms with Crippen LogP contribution < -0.4 is 10.1 Å². The highest BCUT2D eigenvalue weighted by Gasteiger charge is 2.32. The third-order valence-electron chi connectivity index (χ3n) is 5.38. The lowest BCUT2D eigenvalue weighted by molar-refractivity contribution is -0.137. The average molecular weight is 480 g/mol. The van der Waals surface area contributed by atoms with E-state index in [1.54, 1.807) is 24.3 Å². The van der Waals surface area contributed by atoms with Gasteiger partial charge >= 0.3 is 6.18 Å². The van der Waals surface area contributed by atoms with E-state index in [0.29, 0.717) is 48.0 Å². The third kappa shape index (κ3) is 4.84. The third-order valence-corrected chi connectivity index (χ3v) is 5.70. The first-order valence-corrected chi connectivity index (χ1v) is 10.7. The van der Waals surface area contributed by atoms with Gasteiger partial charge in [-0.25, -0.2) is 4.68 Å². The predicted octanol–water partition coefficient (Wildman–Crippen LogP) is 5.13. The summed E-state index contributed by atoms with van der Waals surface area (Å²) < 4.78 is 51.5. The summed E-state index contributed by atoms with van der Waals surface area (Å²) in [7, 11) is 1.38. The van der Waals surface area contributed by atoms with Crippen LogP contribution in [0.5, 0.6) is 5.75 Å². The van der Waals surface area contributed by atoms with Gasteiger partial charge in [0.2, 0.25) is 0 Å². The van der Waals surface area contributed by atoms with Gasteiger partial charge in [0.05, 0.1) is 23.4 Å². The number of hydrogen-bond acceptors (Lipinski definition) is 4. The molecule has 0 spiro atoms. The highest BCUT2D eigenvalue weighted by molar-refractivity contribution is 6.32. The molecule has 1 N–H and O–H groups in total. The number of amides is 1. The molecule has 1 aliphatic rings. The molecule has 0 unspecified atom stereocenters. The summed E-state index contributed by atoms with van der Waals surface area (Å²) in [5, 5.41) is 7.76. The minimum atomic E-state index is -4.47. The van der Waals surface area contributed by atoms with Crippen LogP contribution in [-0.4, -0.2) is 42.1 Å². The summed E-state index contributed by atoms with van der Waals surface area (Å²) in [6.07, 6.45) is -3.13. The number of nitrogens with zero attached hydrogens (tertiary/aromatic N) is 2. The summed E-state index contributed by atoms with van der Waals surface area (Å²) in [6.45, 7) is 1.10. The van der Waals surface area contributed by atoms with E-state index in [1.807, 2.05) is 0 Å². The molecule has 2 aromatic carbocycles. The van der Waals surface area contributed by atoms with E-state index in [9.17, 15) is 18.0 Å². The number of rotatable bonds is 5. The van der Waals surface area contributed by atoms with E-state index in [1.165, 1.54) is 23.9 Å². The van der Waals surface area contributed by atoms with E-state index < -0.39 is 17.6 Å². The molecule has 33 heavy (non-hydrogen) atoms. The number of carbonyl (C=O) groups is 1. The number of alkyl halides is 3. The number of nitrogens with one attached hydrogen (secondary N) is 1. The minimum absolute atomic E-state index is 0.0128. The highest BCUT2D eigenvalue weighted by atomic mass is 35.5. The molecule has 1 saturated heterocycles. The quantitative estimate of drug-likeness (QED) is 0.551. The Kier molecular flexibility index (Phi) is 6.62. The van der Waals surface area contributed by atoms with Gasteiger partial charge in [-0.3, -0.25) is 4.79 Å². The lowest BCUT2D eigenvalue weighted by Crippen LogP contribution is -2.39. The number of aromatic nitrogens is 2. The van der Waals surface area contributed by atoms with Gasteiger partial charge in [0.15, 0.2) is 11.4 Å². The van der Waals surface area contributed by atoms with Crippen molar-refractivity contribution in [3.63, 3.8) is 0 Å². The first-order valence-electron chi connectivity index (χ1n) is 10.3. The van der Waals surface area contributed by atoms with Gasteiger partial charge < -0.3 is 14.8 Å². The number of ether oxygens (including phenoxy) is 2. The number of benzene rings is 2. The van der Waals surface area contributed by atoms with Crippen LogP contribution >= 0.6 is 11.6 Å². The van der Waals surface area contributed by atoms with Crippen molar-refractivity contribution in [1.82, 2.24) is 15.1 Å². The summed E-state index contributed by atoms with van der Waals surface area (Å²) in [6, 6.07) is 11.3. The largest absolute Gasteiger partial charge is 0.492 e. The summed E-state index contributed by atoms with van der Waals surface area (Å²) in [4.78, 5) is 13.1. The van der Waals surface area contributed by atoms with E-state index in [-0.39, 0.29) is 17.5 Å². The molecule has 1 aliphatic heterocycles. The Labute approximate surface area is 193 Å². The normalized spacial score (nSPS) is 14.8. The van der Waals surface area contributed by atoms with Gasteiger partial charge in [-0.05, 0) is 37.1 Å². The molecule has 0 bridgehead atoms. The molecule has 10 heteroatoms. The van der Waals surface area contributed by atoms with E-state index in [0.717, 1.165) is 12.1 Å². The van der Waals surface area contributed by atoms with Crippen LogP contribution in [0.3, 0.4) is 0 Å². The maximum Gasteiger partial charge on any atom is 0.416 e. The standard InChI is InChI=1S/C23H21ClF3N3O3/c1-32-21-19(22(31)28-16-10-12-33-13-11-16)29-30(18-5-3-2-4-17(18)24)20(21)14-6-8-15(9-7-14)23(25,26)27/h2-9,16H,10-13H2,1H3,(H,28,31). The second-order valence-corrected chi connectivity index (χ2v) is 7.94. The number of halogens is 4. The molecular weight excluding hydrogens is 459 g/mol. The molecule has 6 nitrogen and oxygen atoms in total. The molecule has 0 radical (unpaired) electrons. The zero-order valence-corrected chi connectivity index (χ0v) is 18.4. The molecule has 0 aliphatic carbocycles. The van der Waals surface area contributed by atoms with E-state index in [4.69, 9.17) is 21.1 Å². The van der Waals surface area contributed by atoms with Crippen molar-refractivity contribution in [1.29, 1.82) is 0 Å². The molecule has 3 aromatic rings. The average Bonchev–Trinajstić information content (AvgIpc) is 3.19. The van der Waals surface area contributed by atoms with Crippen LogP contribution in [0.1, 0.15) is 28.9 Å². The number of methoxy groups -OCH3 is 1. The van der Waals surface area contributed by atoms with Crippen LogP contribution in [0.4, 0.5) is 13.2 Å². The Morgan fingerprint density at radius 1 is 1.15 bits per heavy atom. The van der Waals surface area contributed by atoms with Crippen LogP contribution in [0.25, 0.3) is 16.9 Å². The van der Waals surface area contributed by atoms with Crippen molar-refractivity contribution < 1.29 is 27.4 Å². The minimum Gasteiger partial charge on any atom is -0.492 e. The molecule has 1 amide bonds. The zero-order valence-electron chi connectivity index (χ0n) is 17.7. The van der Waals surface area contributed by atoms with E-state index in [2.05, 4.69) is 10.4 Å². The van der Waals surface area contributed by atoms with Crippen molar-refractivity contribution in [2.75, 3.05) is 20.3 Å². The molecule has 4 rings (SSSR count). The Balaban J connectivity index is 1.83. The lowest BCUT2D eigenvalue weighted by Gasteiger charge is -2.22. The van der Waals surface area contributed by atoms with Gasteiger partial charge in [0.25, 0.3) is 5.91 Å². The summed E-state index contributed by atoms with van der Waals surface area (Å²) in [5.74, 6) is -0.308. The van der Waals surface area contributed by atoms with Crippen molar-refractivity contribution in [3.8, 4) is 22.7 Å². The van der Waals surface area contributed by atoms with Gasteiger partial charge in [0, 0.05) is 24.8 Å². The Morgan fingerprint density at radius 3 is 2.42 bits per heavy atom. The fourth-order valence-corrected chi connectivity index (χ4v) is 3.93. The first kappa shape index (κ1) is 23.1. The first-order chi connectivity index (χ1) is 15.8. The molecule has 0 saturated carbocycles. The molecule has 2 heterocycles. The molecule has 1 aromatic heterocycles. The fraction of sp³-hybridized carbons (Fsp3) is 0.304. The lowest BCUT2D eigenvalue weighted by atomic mass is 10.1. The van der Waals surface area contributed by atoms with Crippen LogP contribution in [0.2, 0.25) is 5.02 Å². The van der Waals surface area contributed by atoms with Gasteiger partial charge in [-0.15, -0.1) is 0 Å². The monoisotopic (exact) mass is 479 g/mol. The maximum atomic E-state index is 13.1. The Morgan fingerprint density at radius 2 is 1.82 bits per heavy atom. The number of carbonyl (C=O) groups excluding carboxylic acids is 1. The topological polar surface area (TPSA) is 65.4 Å². The second kappa shape index (κ2) is 9.44. The predicted molar refractivity (Wildman–Crippen MR) is 117 cm³/mol. The van der Waals surface area contributed by atoms with Crippen molar-refractivity contribution in [2.24, 2.45) is 0 Å². The summed E-state index contributed by atoms with van der Waals surface area (Å²) in [5.41, 5.74) is 0.386. The molecule has 174 valence electrons. The zero-order chi connectivity index (χ0) is 23.6. The van der Waals surface area contributed by atoms with Crippen molar-refractivity contribution in [2.45, 2.75) is 25.1 Å². The SMILES string of the molecule is COc1c(C(=O)NC2CCOCC2)nn(-c2ccccc2Cl)c1-c1ccc(C(F)(F)F)cc1. The van der Waals surface area contributed by atoms with Gasteiger partial charge in [0.1, 0.15) is 5.69 Å². The second-order valence-electron chi connectivity index (χ2n) is 7.53. The summed E-state index contributed by atoms with van der Waals surface area (Å²) >= 11 is 6.38. The number of para-hydroxylation sites is 1. The Hall–Kier alpha value is -3.04. The molecule has 1 fully saturated rings. The van der Waals surface area contributed by atoms with Gasteiger partial charge in [-0.1, -0.05) is 35.9 Å². The smallest absolute Gasteiger partial charge is 0.416 e. The van der Waals surface area contributed by atoms with Gasteiger partial charge in [-0.2, -0.15) is 18.3 Å². The Bertz CT molecular complexity index is 1140. The van der Waals surface area contributed by atoms with Crippen LogP contribution in [-0.2, 0) is 10.9 Å². The fourth-order valence-electron chi connectivity index (χ4n) is 3.71. The van der Waals surface area contributed by atoms with Crippen molar-refractivity contribution >= 4 is 17.5 Å². The highest BCUT2D eigenvalue weighted by Crippen LogP contribution is 2.38. The number of hydrogen-bond donors (Lipinski definition) is 1. The van der Waals surface area contributed by atoms with Crippen LogP contribution in [0.15, 0.2) is 48.5 Å². The maximum absolute atomic E-state index is 13.1. The van der Waals surface area contributed by atoms with Crippen molar-refractivity contribution in [3.05, 3.63) is 64.8 Å². The molecular formula is C23H21ClF3N3O3. The van der Waals surface area contributed by atoms with E-state index >= 15 is 0 Å². The van der Waals surface area contributed by atoms with Crippen LogP contribution in [0, 0.1) is 0 Å². The molecule has 0 atom stereocenters.